The van der Waals surface area contributed by atoms with Crippen molar-refractivity contribution in [2.75, 3.05) is 0 Å². The van der Waals surface area contributed by atoms with Crippen LogP contribution in [0.4, 0.5) is 0 Å². The van der Waals surface area contributed by atoms with Crippen molar-refractivity contribution in [1.82, 2.24) is 0 Å². The monoisotopic (exact) mass is 1080 g/mol. The average Bonchev–Trinajstić information content (AvgIpc) is 3.83. The van der Waals surface area contributed by atoms with Crippen molar-refractivity contribution in [1.29, 1.82) is 0 Å². The van der Waals surface area contributed by atoms with E-state index in [1.165, 1.54) is 141 Å². The normalized spacial score (nSPS) is 20.1. The first kappa shape index (κ1) is 45.3. The summed E-state index contributed by atoms with van der Waals surface area (Å²) in [7, 11) is 31.6. The van der Waals surface area contributed by atoms with Crippen LogP contribution in [0.15, 0.2) is 132 Å². The third-order valence-corrected chi connectivity index (χ3v) is 59.0. The second-order valence-corrected chi connectivity index (χ2v) is 57.6. The minimum absolute atomic E-state index is 0.156. The number of halogens is 4. The van der Waals surface area contributed by atoms with Gasteiger partial charge >= 0.3 is 406 Å². The summed E-state index contributed by atoms with van der Waals surface area (Å²) in [5.41, 5.74) is 14.4. The standard InChI is InChI=1S/2C27H27.C2H6Si.4ClH.2Zr/c2*1-2-14-27(15-7-16-27)19-20-17-22-10-6-13-25(26(22)18-20)24-12-5-9-21-8-3-4-11-23(21)24;1-3-2;;;;;;/h2*3-6,8-13,17-18H,2,7,14-16,19H2,1H3;1-3H2;4*1H;;/q;;;;;;;2*+2/p-4. The summed E-state index contributed by atoms with van der Waals surface area (Å²) >= 11 is -7.76. The molecule has 2 unspecified atom stereocenters. The predicted octanol–water partition coefficient (Wildman–Crippen LogP) is 18.5. The molecular formula is C56H60Cl4SiZr2. The topological polar surface area (TPSA) is 0 Å². The maximum atomic E-state index is 8.10. The van der Waals surface area contributed by atoms with E-state index in [0.717, 1.165) is 20.3 Å². The molecule has 0 bridgehead atoms. The van der Waals surface area contributed by atoms with Crippen LogP contribution in [-0.4, -0.2) is 9.52 Å². The van der Waals surface area contributed by atoms with Crippen molar-refractivity contribution in [2.45, 2.75) is 106 Å². The molecule has 0 aliphatic heterocycles. The van der Waals surface area contributed by atoms with Gasteiger partial charge in [-0.15, -0.1) is 0 Å². The third-order valence-electron chi connectivity index (χ3n) is 15.9. The molecule has 0 nitrogen and oxygen atoms in total. The van der Waals surface area contributed by atoms with Gasteiger partial charge in [0, 0.05) is 0 Å². The molecule has 2 atom stereocenters. The molecule has 0 saturated heterocycles. The molecule has 2 saturated carbocycles. The van der Waals surface area contributed by atoms with Gasteiger partial charge in [-0.1, -0.05) is 0 Å². The molecule has 4 aliphatic carbocycles. The van der Waals surface area contributed by atoms with E-state index in [4.69, 9.17) is 34.1 Å². The average molecular weight is 1090 g/mol. The van der Waals surface area contributed by atoms with E-state index in [9.17, 15) is 0 Å². The van der Waals surface area contributed by atoms with Crippen molar-refractivity contribution in [2.24, 2.45) is 10.8 Å². The van der Waals surface area contributed by atoms with E-state index in [1.54, 1.807) is 0 Å². The number of fused-ring (bicyclic) bond motifs is 4. The molecule has 6 aromatic carbocycles. The van der Waals surface area contributed by atoms with Crippen molar-refractivity contribution < 1.29 is 35.8 Å². The Balaban J connectivity index is 0.973. The first-order valence-corrected chi connectivity index (χ1v) is 44.9. The van der Waals surface area contributed by atoms with Crippen LogP contribution in [0.2, 0.25) is 7.50 Å². The molecule has 0 radical (unpaired) electrons. The van der Waals surface area contributed by atoms with Crippen LogP contribution < -0.4 is 0 Å². The molecule has 6 aromatic rings. The van der Waals surface area contributed by atoms with Gasteiger partial charge in [-0.2, -0.15) is 0 Å². The van der Waals surface area contributed by atoms with Gasteiger partial charge in [0.25, 0.3) is 0 Å². The Morgan fingerprint density at radius 3 is 1.27 bits per heavy atom. The summed E-state index contributed by atoms with van der Waals surface area (Å²) < 4.78 is 2.29. The van der Waals surface area contributed by atoms with Crippen LogP contribution in [0.3, 0.4) is 0 Å². The van der Waals surface area contributed by atoms with Gasteiger partial charge in [0.15, 0.2) is 0 Å². The van der Waals surface area contributed by atoms with Crippen LogP contribution in [0.25, 0.3) is 56.0 Å². The van der Waals surface area contributed by atoms with Gasteiger partial charge in [-0.25, -0.2) is 0 Å². The third kappa shape index (κ3) is 8.66. The van der Waals surface area contributed by atoms with Crippen LogP contribution in [0.5, 0.6) is 0 Å². The second-order valence-electron chi connectivity index (χ2n) is 19.9. The Hall–Kier alpha value is -1.54. The fourth-order valence-corrected chi connectivity index (χ4v) is 57.3. The fraction of sp³-hybridized carbons (Fsp3) is 0.357. The molecule has 4 aliphatic rings. The molecule has 0 spiro atoms. The Labute approximate surface area is 402 Å². The van der Waals surface area contributed by atoms with Gasteiger partial charge in [0.1, 0.15) is 0 Å². The molecular weight excluding hydrogens is 1020 g/mol. The van der Waals surface area contributed by atoms with Gasteiger partial charge in [-0.3, -0.25) is 0 Å². The summed E-state index contributed by atoms with van der Waals surface area (Å²) in [5.74, 6) is 0. The van der Waals surface area contributed by atoms with E-state index < -0.39 is 45.3 Å². The number of allylic oxidation sites excluding steroid dienone is 2. The molecule has 2 fully saturated rings. The fourth-order valence-electron chi connectivity index (χ4n) is 12.8. The number of benzene rings is 6. The van der Waals surface area contributed by atoms with Gasteiger partial charge in [0.05, 0.1) is 0 Å². The summed E-state index contributed by atoms with van der Waals surface area (Å²) in [6.07, 6.45) is 20.3. The van der Waals surface area contributed by atoms with E-state index in [0.29, 0.717) is 10.8 Å². The van der Waals surface area contributed by atoms with E-state index >= 15 is 0 Å². The van der Waals surface area contributed by atoms with Gasteiger partial charge in [0.2, 0.25) is 0 Å². The quantitative estimate of drug-likeness (QED) is 0.0848. The van der Waals surface area contributed by atoms with Gasteiger partial charge < -0.3 is 0 Å². The molecule has 10 rings (SSSR count). The number of hydrogen-bond donors (Lipinski definition) is 0. The van der Waals surface area contributed by atoms with Crippen LogP contribution in [0.1, 0.15) is 120 Å². The minimum atomic E-state index is -3.88. The predicted molar refractivity (Wildman–Crippen MR) is 273 cm³/mol. The number of rotatable bonds is 16. The van der Waals surface area contributed by atoms with Crippen LogP contribution in [-0.2, 0) is 35.8 Å². The first-order valence-electron chi connectivity index (χ1n) is 23.9. The second kappa shape index (κ2) is 18.5. The molecule has 63 heavy (non-hydrogen) atoms. The van der Waals surface area contributed by atoms with Crippen molar-refractivity contribution in [3.8, 4) is 22.3 Å². The summed E-state index contributed by atoms with van der Waals surface area (Å²) in [5, 5.41) is 5.14. The Morgan fingerprint density at radius 2 is 0.873 bits per heavy atom. The molecule has 0 N–H and O–H groups in total. The maximum absolute atomic E-state index is 8.10. The zero-order chi connectivity index (χ0) is 43.4. The molecule has 0 aromatic heterocycles. The van der Waals surface area contributed by atoms with Gasteiger partial charge in [-0.05, 0) is 0 Å². The Bertz CT molecular complexity index is 2550. The summed E-state index contributed by atoms with van der Waals surface area (Å²) in [6.45, 7) is 4.71. The van der Waals surface area contributed by atoms with E-state index in [-0.39, 0.29) is 7.25 Å². The first-order chi connectivity index (χ1) is 30.5. The van der Waals surface area contributed by atoms with Crippen molar-refractivity contribution in [3.05, 3.63) is 155 Å². The van der Waals surface area contributed by atoms with Crippen LogP contribution in [0, 0.1) is 10.8 Å². The summed E-state index contributed by atoms with van der Waals surface area (Å²) in [4.78, 5) is 0. The van der Waals surface area contributed by atoms with Crippen molar-refractivity contribution in [3.63, 3.8) is 0 Å². The molecule has 0 heterocycles. The number of hydrogen-bond acceptors (Lipinski definition) is 0. The molecule has 7 heteroatoms. The Morgan fingerprint density at radius 1 is 0.492 bits per heavy atom. The Kier molecular flexibility index (Phi) is 13.3. The molecule has 0 amide bonds. The van der Waals surface area contributed by atoms with Crippen LogP contribution >= 0.6 is 34.1 Å². The van der Waals surface area contributed by atoms with E-state index in [2.05, 4.69) is 147 Å². The van der Waals surface area contributed by atoms with E-state index in [1.807, 2.05) is 0 Å². The SMILES string of the molecule is CCCC1(CC2=Cc3c(-c4cccc5ccccc45)cccc3[CH]2[Zr]([Cl])([Cl])[CH2][SiH2][CH2][Zr]([Cl])([Cl])[CH]2C(CC3(CCC)CCC3)=Cc3c(-c4cccc5ccccc45)cccc32)CCC1. The summed E-state index contributed by atoms with van der Waals surface area (Å²) in [6, 6.07) is 45.0. The zero-order valence-electron chi connectivity index (χ0n) is 37.0. The van der Waals surface area contributed by atoms with Crippen molar-refractivity contribution >= 4 is 77.3 Å². The zero-order valence-corrected chi connectivity index (χ0v) is 46.3. The molecule has 324 valence electrons.